The van der Waals surface area contributed by atoms with Crippen LogP contribution in [0.2, 0.25) is 0 Å². The Balaban J connectivity index is 1.40. The molecule has 3 aliphatic rings. The van der Waals surface area contributed by atoms with Crippen LogP contribution in [0.1, 0.15) is 44.1 Å². The summed E-state index contributed by atoms with van der Waals surface area (Å²) in [5, 5.41) is 0. The van der Waals surface area contributed by atoms with E-state index in [9.17, 15) is 0 Å². The lowest BCUT2D eigenvalue weighted by Gasteiger charge is -2.39. The van der Waals surface area contributed by atoms with E-state index in [0.717, 1.165) is 44.2 Å². The van der Waals surface area contributed by atoms with Crippen molar-refractivity contribution in [1.82, 2.24) is 19.8 Å². The van der Waals surface area contributed by atoms with E-state index < -0.39 is 0 Å². The zero-order valence-corrected chi connectivity index (χ0v) is 16.7. The van der Waals surface area contributed by atoms with Gasteiger partial charge in [0.1, 0.15) is 0 Å². The number of likely N-dealkylation sites (N-methyl/N-ethyl adjacent to an activating group) is 1. The maximum atomic E-state index is 4.79. The number of hydrogen-bond acceptors (Lipinski definition) is 5. The van der Waals surface area contributed by atoms with Crippen molar-refractivity contribution >= 4 is 5.95 Å². The van der Waals surface area contributed by atoms with Crippen LogP contribution in [-0.2, 0) is 0 Å². The molecule has 0 N–H and O–H groups in total. The van der Waals surface area contributed by atoms with E-state index in [1.165, 1.54) is 31.2 Å². The van der Waals surface area contributed by atoms with Gasteiger partial charge in [-0.2, -0.15) is 0 Å². The van der Waals surface area contributed by atoms with Gasteiger partial charge in [-0.1, -0.05) is 18.4 Å². The third kappa shape index (κ3) is 4.17. The number of nitrogens with zero attached hydrogens (tertiary/aromatic N) is 5. The summed E-state index contributed by atoms with van der Waals surface area (Å²) in [6.07, 6.45) is 9.12. The molecular weight excluding hydrogens is 334 g/mol. The minimum absolute atomic E-state index is 0.517. The van der Waals surface area contributed by atoms with E-state index in [-0.39, 0.29) is 0 Å². The van der Waals surface area contributed by atoms with Gasteiger partial charge in [-0.15, -0.1) is 0 Å². The highest BCUT2D eigenvalue weighted by Gasteiger charge is 2.40. The quantitative estimate of drug-likeness (QED) is 0.769. The van der Waals surface area contributed by atoms with Crippen molar-refractivity contribution in [2.45, 2.75) is 50.6 Å². The van der Waals surface area contributed by atoms with Gasteiger partial charge in [0.15, 0.2) is 0 Å². The number of piperazine rings is 1. The summed E-state index contributed by atoms with van der Waals surface area (Å²) >= 11 is 0. The normalized spacial score (nSPS) is 28.7. The molecule has 3 saturated heterocycles. The second-order valence-corrected chi connectivity index (χ2v) is 8.49. The van der Waals surface area contributed by atoms with Crippen LogP contribution < -0.4 is 4.90 Å². The van der Waals surface area contributed by atoms with Gasteiger partial charge in [-0.3, -0.25) is 4.90 Å². The summed E-state index contributed by atoms with van der Waals surface area (Å²) in [6.45, 7) is 11.1. The van der Waals surface area contributed by atoms with Crippen LogP contribution in [0.25, 0.3) is 0 Å². The Hall–Kier alpha value is -1.90. The standard InChI is InChI=1S/C22H31N5/c1-17(2)6-4-10-26-11-5-7-18(14-26)19-12-23-22(24-13-19)27-20-8-9-21(27)16-25(3)15-20/h12-13,18,20-21H,1,5,7-11,14-16H2,2-3H3. The number of hydrogen-bond donors (Lipinski definition) is 0. The molecule has 0 aliphatic carbocycles. The van der Waals surface area contributed by atoms with Gasteiger partial charge in [0.25, 0.3) is 0 Å². The molecule has 4 heterocycles. The minimum atomic E-state index is 0.517. The molecule has 0 radical (unpaired) electrons. The molecule has 4 rings (SSSR count). The molecule has 5 nitrogen and oxygen atoms in total. The van der Waals surface area contributed by atoms with Crippen LogP contribution in [0, 0.1) is 11.8 Å². The molecular formula is C22H31N5. The van der Waals surface area contributed by atoms with Gasteiger partial charge >= 0.3 is 0 Å². The monoisotopic (exact) mass is 365 g/mol. The van der Waals surface area contributed by atoms with Gasteiger partial charge in [0.05, 0.1) is 6.54 Å². The van der Waals surface area contributed by atoms with Gasteiger partial charge in [-0.25, -0.2) is 9.97 Å². The fourth-order valence-corrected chi connectivity index (χ4v) is 4.89. The predicted molar refractivity (Wildman–Crippen MR) is 110 cm³/mol. The second kappa shape index (κ2) is 8.00. The zero-order chi connectivity index (χ0) is 18.8. The summed E-state index contributed by atoms with van der Waals surface area (Å²) in [6, 6.07) is 1.16. The predicted octanol–water partition coefficient (Wildman–Crippen LogP) is 2.52. The molecule has 3 unspecified atom stereocenters. The van der Waals surface area contributed by atoms with E-state index in [1.807, 2.05) is 6.92 Å². The Bertz CT molecular complexity index is 717. The lowest BCUT2D eigenvalue weighted by Crippen LogP contribution is -2.53. The third-order valence-corrected chi connectivity index (χ3v) is 6.14. The Morgan fingerprint density at radius 2 is 1.85 bits per heavy atom. The number of fused-ring (bicyclic) bond motifs is 2. The van der Waals surface area contributed by atoms with Crippen LogP contribution in [0.15, 0.2) is 24.5 Å². The first kappa shape index (κ1) is 18.5. The average Bonchev–Trinajstić information content (AvgIpc) is 2.93. The van der Waals surface area contributed by atoms with Crippen LogP contribution in [0.3, 0.4) is 0 Å². The first-order chi connectivity index (χ1) is 13.1. The highest BCUT2D eigenvalue weighted by molar-refractivity contribution is 5.38. The summed E-state index contributed by atoms with van der Waals surface area (Å²) in [5.74, 6) is 7.77. The van der Waals surface area contributed by atoms with Crippen molar-refractivity contribution in [3.05, 3.63) is 30.1 Å². The molecule has 3 fully saturated rings. The van der Waals surface area contributed by atoms with Crippen molar-refractivity contribution in [3.63, 3.8) is 0 Å². The Morgan fingerprint density at radius 1 is 1.15 bits per heavy atom. The molecule has 0 amide bonds. The SMILES string of the molecule is C=C(C)C#CCN1CCCC(c2cnc(N3C4CCC3CN(C)C4)nc2)C1. The second-order valence-electron chi connectivity index (χ2n) is 8.49. The van der Waals surface area contributed by atoms with Gasteiger partial charge in [0.2, 0.25) is 5.95 Å². The Kier molecular flexibility index (Phi) is 5.47. The third-order valence-electron chi connectivity index (χ3n) is 6.14. The molecule has 1 aromatic heterocycles. The lowest BCUT2D eigenvalue weighted by molar-refractivity contribution is 0.230. The molecule has 144 valence electrons. The van der Waals surface area contributed by atoms with E-state index in [2.05, 4.69) is 52.6 Å². The largest absolute Gasteiger partial charge is 0.332 e. The number of rotatable bonds is 3. The van der Waals surface area contributed by atoms with Crippen LogP contribution in [-0.4, -0.2) is 71.6 Å². The summed E-state index contributed by atoms with van der Waals surface area (Å²) in [4.78, 5) is 16.9. The molecule has 27 heavy (non-hydrogen) atoms. The van der Waals surface area contributed by atoms with Crippen LogP contribution >= 0.6 is 0 Å². The van der Waals surface area contributed by atoms with Crippen molar-refractivity contribution in [2.24, 2.45) is 0 Å². The van der Waals surface area contributed by atoms with E-state index in [4.69, 9.17) is 9.97 Å². The highest BCUT2D eigenvalue weighted by atomic mass is 15.4. The van der Waals surface area contributed by atoms with Crippen molar-refractivity contribution in [1.29, 1.82) is 0 Å². The fraction of sp³-hybridized carbons (Fsp3) is 0.636. The Labute approximate surface area is 163 Å². The average molecular weight is 366 g/mol. The van der Waals surface area contributed by atoms with Crippen molar-refractivity contribution in [2.75, 3.05) is 44.7 Å². The van der Waals surface area contributed by atoms with Gasteiger partial charge in [-0.05, 0) is 63.3 Å². The summed E-state index contributed by atoms with van der Waals surface area (Å²) < 4.78 is 0. The molecule has 3 atom stereocenters. The molecule has 2 bridgehead atoms. The molecule has 3 aliphatic heterocycles. The number of likely N-dealkylation sites (tertiary alicyclic amines) is 2. The molecule has 5 heteroatoms. The number of anilines is 1. The molecule has 1 aromatic rings. The van der Waals surface area contributed by atoms with Gasteiger partial charge in [0, 0.05) is 44.1 Å². The van der Waals surface area contributed by atoms with Crippen molar-refractivity contribution < 1.29 is 0 Å². The fourth-order valence-electron chi connectivity index (χ4n) is 4.89. The molecule has 0 spiro atoms. The lowest BCUT2D eigenvalue weighted by atomic mass is 9.92. The summed E-state index contributed by atoms with van der Waals surface area (Å²) in [5.41, 5.74) is 2.21. The van der Waals surface area contributed by atoms with E-state index >= 15 is 0 Å². The number of aromatic nitrogens is 2. The topological polar surface area (TPSA) is 35.5 Å². The van der Waals surface area contributed by atoms with Gasteiger partial charge < -0.3 is 9.80 Å². The zero-order valence-electron chi connectivity index (χ0n) is 16.7. The summed E-state index contributed by atoms with van der Waals surface area (Å²) in [7, 11) is 2.22. The van der Waals surface area contributed by atoms with E-state index in [1.54, 1.807) is 0 Å². The van der Waals surface area contributed by atoms with Crippen LogP contribution in [0.5, 0.6) is 0 Å². The molecule has 0 saturated carbocycles. The first-order valence-electron chi connectivity index (χ1n) is 10.3. The maximum Gasteiger partial charge on any atom is 0.225 e. The smallest absolute Gasteiger partial charge is 0.225 e. The van der Waals surface area contributed by atoms with Crippen molar-refractivity contribution in [3.8, 4) is 11.8 Å². The van der Waals surface area contributed by atoms with Crippen LogP contribution in [0.4, 0.5) is 5.95 Å². The van der Waals surface area contributed by atoms with E-state index in [0.29, 0.717) is 18.0 Å². The minimum Gasteiger partial charge on any atom is -0.332 e. The number of allylic oxidation sites excluding steroid dienone is 1. The molecule has 0 aromatic carbocycles. The maximum absolute atomic E-state index is 4.79. The highest BCUT2D eigenvalue weighted by Crippen LogP contribution is 2.33. The first-order valence-corrected chi connectivity index (χ1v) is 10.3. The Morgan fingerprint density at radius 3 is 2.52 bits per heavy atom. The number of piperidine rings is 1.